The molecule has 0 saturated heterocycles. The van der Waals surface area contributed by atoms with Gasteiger partial charge >= 0.3 is 0 Å². The number of nitrogens with one attached hydrogen (secondary N) is 1. The molecule has 0 heterocycles. The highest BCUT2D eigenvalue weighted by Crippen LogP contribution is 2.12. The minimum absolute atomic E-state index is 0.615. The lowest BCUT2D eigenvalue weighted by atomic mass is 10.4. The third-order valence-electron chi connectivity index (χ3n) is 3.71. The second-order valence-corrected chi connectivity index (χ2v) is 8.21. The summed E-state index contributed by atoms with van der Waals surface area (Å²) in [6, 6.07) is 2.21. The Morgan fingerprint density at radius 3 is 1.35 bits per heavy atom. The summed E-state index contributed by atoms with van der Waals surface area (Å²) in [5.41, 5.74) is 0. The summed E-state index contributed by atoms with van der Waals surface area (Å²) in [4.78, 5) is 0. The molecule has 1 N–H and O–H groups in total. The van der Waals surface area contributed by atoms with Gasteiger partial charge in [0.1, 0.15) is 0 Å². The number of methoxy groups -OCH3 is 4. The maximum absolute atomic E-state index is 5.67. The first-order valence-corrected chi connectivity index (χ1v) is 11.3. The molecule has 7 nitrogen and oxygen atoms in total. The third-order valence-corrected chi connectivity index (χ3v) is 6.74. The SMILES string of the molecule is COC(C)(OC)O[SiH2]CCCNCCC[SiH2]OC(C)(OC)OC. The number of hydrogen-bond donors (Lipinski definition) is 1. The van der Waals surface area contributed by atoms with Crippen LogP contribution in [0.5, 0.6) is 0 Å². The predicted octanol–water partition coefficient (Wildman–Crippen LogP) is 0.327. The molecule has 0 fully saturated rings. The Morgan fingerprint density at radius 2 is 1.04 bits per heavy atom. The Labute approximate surface area is 145 Å². The van der Waals surface area contributed by atoms with Crippen molar-refractivity contribution in [2.45, 2.75) is 50.7 Å². The van der Waals surface area contributed by atoms with Gasteiger partial charge in [0, 0.05) is 42.3 Å². The second kappa shape index (κ2) is 13.4. The predicted molar refractivity (Wildman–Crippen MR) is 95.8 cm³/mol. The molecule has 0 aliphatic heterocycles. The van der Waals surface area contributed by atoms with E-state index in [0.717, 1.165) is 38.0 Å². The van der Waals surface area contributed by atoms with E-state index in [1.54, 1.807) is 42.3 Å². The normalized spacial score (nSPS) is 13.8. The second-order valence-electron chi connectivity index (χ2n) is 5.40. The fraction of sp³-hybridized carbons (Fsp3) is 1.00. The summed E-state index contributed by atoms with van der Waals surface area (Å²) >= 11 is 0. The van der Waals surface area contributed by atoms with E-state index in [9.17, 15) is 0 Å². The Morgan fingerprint density at radius 1 is 0.696 bits per heavy atom. The van der Waals surface area contributed by atoms with Gasteiger partial charge in [0.05, 0.1) is 0 Å². The van der Waals surface area contributed by atoms with Crippen LogP contribution in [0.3, 0.4) is 0 Å². The quantitative estimate of drug-likeness (QED) is 0.239. The first kappa shape index (κ1) is 23.2. The van der Waals surface area contributed by atoms with E-state index in [0.29, 0.717) is 0 Å². The Hall–Kier alpha value is 0.154. The highest BCUT2D eigenvalue weighted by Gasteiger charge is 2.23. The molecule has 9 heteroatoms. The molecule has 0 radical (unpaired) electrons. The zero-order valence-corrected chi connectivity index (χ0v) is 18.4. The standard InChI is InChI=1S/C14H35NO6Si2/c1-13(16-3,17-4)20-22-11-7-9-15-10-8-12-23-21-14(2,18-5)19-6/h15H,7-12,22-23H2,1-6H3. The first-order valence-electron chi connectivity index (χ1n) is 8.14. The van der Waals surface area contributed by atoms with Gasteiger partial charge in [0.25, 0.3) is 11.9 Å². The highest BCUT2D eigenvalue weighted by molar-refractivity contribution is 6.27. The topological polar surface area (TPSA) is 67.4 Å². The van der Waals surface area contributed by atoms with Gasteiger partial charge in [-0.2, -0.15) is 0 Å². The molecular weight excluding hydrogens is 334 g/mol. The van der Waals surface area contributed by atoms with Crippen molar-refractivity contribution >= 4 is 19.5 Å². The van der Waals surface area contributed by atoms with Crippen molar-refractivity contribution < 1.29 is 27.8 Å². The van der Waals surface area contributed by atoms with Crippen LogP contribution in [0.1, 0.15) is 26.7 Å². The first-order chi connectivity index (χ1) is 10.9. The fourth-order valence-electron chi connectivity index (χ4n) is 1.75. The summed E-state index contributed by atoms with van der Waals surface area (Å²) in [6.07, 6.45) is 2.24. The molecule has 0 atom stereocenters. The minimum atomic E-state index is -0.872. The number of rotatable bonds is 16. The van der Waals surface area contributed by atoms with Crippen molar-refractivity contribution in [1.82, 2.24) is 5.32 Å². The van der Waals surface area contributed by atoms with Crippen LogP contribution in [-0.2, 0) is 27.8 Å². The maximum atomic E-state index is 5.67. The van der Waals surface area contributed by atoms with E-state index in [4.69, 9.17) is 27.8 Å². The van der Waals surface area contributed by atoms with Crippen LogP contribution in [0.2, 0.25) is 12.1 Å². The van der Waals surface area contributed by atoms with Crippen molar-refractivity contribution in [2.24, 2.45) is 0 Å². The van der Waals surface area contributed by atoms with Crippen molar-refractivity contribution in [1.29, 1.82) is 0 Å². The van der Waals surface area contributed by atoms with Crippen LogP contribution >= 0.6 is 0 Å². The summed E-state index contributed by atoms with van der Waals surface area (Å²) in [6.45, 7) is 5.62. The van der Waals surface area contributed by atoms with E-state index >= 15 is 0 Å². The van der Waals surface area contributed by atoms with E-state index in [-0.39, 0.29) is 0 Å². The summed E-state index contributed by atoms with van der Waals surface area (Å²) in [7, 11) is 5.14. The van der Waals surface area contributed by atoms with Crippen LogP contribution in [0.25, 0.3) is 0 Å². The van der Waals surface area contributed by atoms with E-state index < -0.39 is 31.5 Å². The molecule has 23 heavy (non-hydrogen) atoms. The van der Waals surface area contributed by atoms with Crippen LogP contribution in [0.4, 0.5) is 0 Å². The molecule has 0 aliphatic carbocycles. The Bertz CT molecular complexity index is 252. The van der Waals surface area contributed by atoms with Gasteiger partial charge in [0.15, 0.2) is 19.5 Å². The van der Waals surface area contributed by atoms with Crippen LogP contribution < -0.4 is 5.32 Å². The largest absolute Gasteiger partial charge is 0.376 e. The van der Waals surface area contributed by atoms with Crippen LogP contribution in [-0.4, -0.2) is 73.0 Å². The van der Waals surface area contributed by atoms with Gasteiger partial charge < -0.3 is 33.1 Å². The van der Waals surface area contributed by atoms with Crippen molar-refractivity contribution in [3.63, 3.8) is 0 Å². The number of hydrogen-bond acceptors (Lipinski definition) is 7. The minimum Gasteiger partial charge on any atom is -0.376 e. The van der Waals surface area contributed by atoms with E-state index in [1.165, 1.54) is 0 Å². The zero-order chi connectivity index (χ0) is 17.6. The molecule has 0 rings (SSSR count). The molecular formula is C14H35NO6Si2. The number of ether oxygens (including phenoxy) is 4. The molecule has 140 valence electrons. The zero-order valence-electron chi connectivity index (χ0n) is 15.6. The van der Waals surface area contributed by atoms with Gasteiger partial charge in [-0.1, -0.05) is 0 Å². The highest BCUT2D eigenvalue weighted by atomic mass is 28.2. The van der Waals surface area contributed by atoms with E-state index in [1.807, 2.05) is 0 Å². The lowest BCUT2D eigenvalue weighted by molar-refractivity contribution is -0.311. The Balaban J connectivity index is 3.38. The Kier molecular flexibility index (Phi) is 13.5. The lowest BCUT2D eigenvalue weighted by Gasteiger charge is -2.26. The third kappa shape index (κ3) is 11.4. The van der Waals surface area contributed by atoms with E-state index in [2.05, 4.69) is 5.32 Å². The summed E-state index contributed by atoms with van der Waals surface area (Å²) in [5.74, 6) is -1.74. The molecule has 0 spiro atoms. The molecule has 0 saturated carbocycles. The summed E-state index contributed by atoms with van der Waals surface area (Å²) < 4.78 is 32.0. The molecule has 0 amide bonds. The smallest absolute Gasteiger partial charge is 0.269 e. The monoisotopic (exact) mass is 369 g/mol. The summed E-state index contributed by atoms with van der Waals surface area (Å²) in [5, 5.41) is 3.44. The van der Waals surface area contributed by atoms with Crippen molar-refractivity contribution in [3.8, 4) is 0 Å². The molecule has 0 aromatic rings. The van der Waals surface area contributed by atoms with Crippen molar-refractivity contribution in [3.05, 3.63) is 0 Å². The maximum Gasteiger partial charge on any atom is 0.269 e. The molecule has 0 aromatic carbocycles. The fourth-order valence-corrected chi connectivity index (χ4v) is 4.16. The lowest BCUT2D eigenvalue weighted by Crippen LogP contribution is -2.34. The molecule has 0 unspecified atom stereocenters. The molecule has 0 aromatic heterocycles. The van der Waals surface area contributed by atoms with Gasteiger partial charge in [-0.05, 0) is 38.0 Å². The van der Waals surface area contributed by atoms with Crippen LogP contribution in [0, 0.1) is 0 Å². The van der Waals surface area contributed by atoms with Gasteiger partial charge in [-0.3, -0.25) is 0 Å². The average molecular weight is 370 g/mol. The van der Waals surface area contributed by atoms with Gasteiger partial charge in [-0.15, -0.1) is 0 Å². The van der Waals surface area contributed by atoms with Gasteiger partial charge in [-0.25, -0.2) is 0 Å². The van der Waals surface area contributed by atoms with Crippen LogP contribution in [0.15, 0.2) is 0 Å². The van der Waals surface area contributed by atoms with Gasteiger partial charge in [0.2, 0.25) is 0 Å². The molecule has 0 aliphatic rings. The molecule has 0 bridgehead atoms. The average Bonchev–Trinajstić information content (AvgIpc) is 2.59. The van der Waals surface area contributed by atoms with Crippen molar-refractivity contribution in [2.75, 3.05) is 41.5 Å².